The van der Waals surface area contributed by atoms with Gasteiger partial charge in [-0.25, -0.2) is 4.79 Å². The van der Waals surface area contributed by atoms with Gasteiger partial charge in [0.1, 0.15) is 0 Å². The number of carboxylic acid groups (broad SMARTS) is 1. The maximum atomic E-state index is 11.6. The second-order valence-corrected chi connectivity index (χ2v) is 5.06. The number of hydrogen-bond acceptors (Lipinski definition) is 3. The molecule has 0 spiro atoms. The van der Waals surface area contributed by atoms with Crippen LogP contribution in [-0.2, 0) is 4.79 Å². The molecule has 2 unspecified atom stereocenters. The van der Waals surface area contributed by atoms with Gasteiger partial charge in [-0.2, -0.15) is 0 Å². The van der Waals surface area contributed by atoms with Crippen molar-refractivity contribution in [2.24, 2.45) is 0 Å². The Morgan fingerprint density at radius 2 is 2.25 bits per heavy atom. The number of carbonyl (C=O) groups excluding carboxylic acids is 1. The van der Waals surface area contributed by atoms with Crippen LogP contribution < -0.4 is 10.6 Å². The smallest absolute Gasteiger partial charge is 0.335 e. The Kier molecular flexibility index (Phi) is 4.74. The lowest BCUT2D eigenvalue weighted by Crippen LogP contribution is -2.49. The van der Waals surface area contributed by atoms with Crippen LogP contribution in [0.5, 0.6) is 0 Å². The van der Waals surface area contributed by atoms with E-state index < -0.39 is 5.97 Å². The highest BCUT2D eigenvalue weighted by molar-refractivity contribution is 5.87. The fraction of sp³-hybridized carbons (Fsp3) is 0.467. The molecule has 20 heavy (non-hydrogen) atoms. The summed E-state index contributed by atoms with van der Waals surface area (Å²) in [6, 6.07) is 7.02. The number of nitrogens with one attached hydrogen (secondary N) is 2. The molecular formula is C15H20N2O3. The van der Waals surface area contributed by atoms with E-state index in [0.717, 1.165) is 18.5 Å². The molecule has 1 amide bonds. The maximum absolute atomic E-state index is 11.6. The Hall–Kier alpha value is -1.88. The predicted molar refractivity (Wildman–Crippen MR) is 75.9 cm³/mol. The van der Waals surface area contributed by atoms with Gasteiger partial charge in [-0.05, 0) is 30.7 Å². The second kappa shape index (κ2) is 6.52. The third kappa shape index (κ3) is 3.36. The summed E-state index contributed by atoms with van der Waals surface area (Å²) in [5.74, 6) is -0.737. The molecule has 1 aromatic carbocycles. The van der Waals surface area contributed by atoms with Gasteiger partial charge in [0.25, 0.3) is 0 Å². The summed E-state index contributed by atoms with van der Waals surface area (Å²) in [5.41, 5.74) is 1.27. The Morgan fingerprint density at radius 1 is 1.45 bits per heavy atom. The highest BCUT2D eigenvalue weighted by Crippen LogP contribution is 2.26. The predicted octanol–water partition coefficient (Wildman–Crippen LogP) is 1.36. The standard InChI is InChI=1S/C15H20N2O3/c1-2-14(18)17-13-9-16-7-6-12(13)10-4-3-5-11(8-10)15(19)20/h3-5,8,12-13,16H,2,6-7,9H2,1H3,(H,17,18)(H,19,20). The number of carbonyl (C=O) groups is 2. The number of aromatic carboxylic acids is 1. The zero-order chi connectivity index (χ0) is 14.5. The van der Waals surface area contributed by atoms with Gasteiger partial charge < -0.3 is 15.7 Å². The average Bonchev–Trinajstić information content (AvgIpc) is 2.47. The van der Waals surface area contributed by atoms with E-state index in [4.69, 9.17) is 5.11 Å². The van der Waals surface area contributed by atoms with E-state index in [1.807, 2.05) is 13.0 Å². The van der Waals surface area contributed by atoms with Gasteiger partial charge in [0.05, 0.1) is 5.56 Å². The highest BCUT2D eigenvalue weighted by atomic mass is 16.4. The van der Waals surface area contributed by atoms with Crippen LogP contribution in [0.2, 0.25) is 0 Å². The molecule has 0 bridgehead atoms. The highest BCUT2D eigenvalue weighted by Gasteiger charge is 2.27. The quantitative estimate of drug-likeness (QED) is 0.776. The molecule has 1 fully saturated rings. The minimum Gasteiger partial charge on any atom is -0.478 e. The molecule has 5 nitrogen and oxygen atoms in total. The third-order valence-electron chi connectivity index (χ3n) is 3.71. The summed E-state index contributed by atoms with van der Waals surface area (Å²) >= 11 is 0. The summed E-state index contributed by atoms with van der Waals surface area (Å²) in [6.45, 7) is 3.42. The molecule has 2 atom stereocenters. The lowest BCUT2D eigenvalue weighted by molar-refractivity contribution is -0.121. The number of hydrogen-bond donors (Lipinski definition) is 3. The van der Waals surface area contributed by atoms with E-state index in [0.29, 0.717) is 18.5 Å². The number of benzene rings is 1. The second-order valence-electron chi connectivity index (χ2n) is 5.06. The van der Waals surface area contributed by atoms with Crippen LogP contribution in [0.25, 0.3) is 0 Å². The Bertz CT molecular complexity index is 502. The molecule has 0 saturated carbocycles. The first-order valence-electron chi connectivity index (χ1n) is 6.95. The van der Waals surface area contributed by atoms with Crippen molar-refractivity contribution < 1.29 is 14.7 Å². The lowest BCUT2D eigenvalue weighted by atomic mass is 9.85. The van der Waals surface area contributed by atoms with E-state index in [1.165, 1.54) is 0 Å². The van der Waals surface area contributed by atoms with Crippen LogP contribution in [-0.4, -0.2) is 36.1 Å². The van der Waals surface area contributed by atoms with Gasteiger partial charge in [-0.3, -0.25) is 4.79 Å². The molecule has 3 N–H and O–H groups in total. The fourth-order valence-corrected chi connectivity index (χ4v) is 2.62. The Labute approximate surface area is 118 Å². The molecule has 0 radical (unpaired) electrons. The summed E-state index contributed by atoms with van der Waals surface area (Å²) in [6.07, 6.45) is 1.34. The van der Waals surface area contributed by atoms with Crippen molar-refractivity contribution in [3.63, 3.8) is 0 Å². The van der Waals surface area contributed by atoms with Gasteiger partial charge in [0.15, 0.2) is 0 Å². The van der Waals surface area contributed by atoms with Crippen LogP contribution in [0.15, 0.2) is 24.3 Å². The first kappa shape index (κ1) is 14.5. The third-order valence-corrected chi connectivity index (χ3v) is 3.71. The van der Waals surface area contributed by atoms with E-state index in [-0.39, 0.29) is 17.9 Å². The van der Waals surface area contributed by atoms with E-state index >= 15 is 0 Å². The number of amides is 1. The largest absolute Gasteiger partial charge is 0.478 e. The monoisotopic (exact) mass is 276 g/mol. The van der Waals surface area contributed by atoms with Crippen molar-refractivity contribution in [1.82, 2.24) is 10.6 Å². The van der Waals surface area contributed by atoms with Crippen LogP contribution >= 0.6 is 0 Å². The number of carboxylic acids is 1. The molecular weight excluding hydrogens is 256 g/mol. The average molecular weight is 276 g/mol. The minimum absolute atomic E-state index is 0.0141. The van der Waals surface area contributed by atoms with Crippen LogP contribution in [0, 0.1) is 0 Å². The van der Waals surface area contributed by atoms with E-state index in [9.17, 15) is 9.59 Å². The van der Waals surface area contributed by atoms with Crippen molar-refractivity contribution in [2.45, 2.75) is 31.7 Å². The van der Waals surface area contributed by atoms with Gasteiger partial charge >= 0.3 is 5.97 Å². The molecule has 1 aliphatic rings. The zero-order valence-electron chi connectivity index (χ0n) is 11.6. The topological polar surface area (TPSA) is 78.4 Å². The van der Waals surface area contributed by atoms with Gasteiger partial charge in [-0.15, -0.1) is 0 Å². The van der Waals surface area contributed by atoms with Crippen LogP contribution in [0.3, 0.4) is 0 Å². The van der Waals surface area contributed by atoms with Gasteiger partial charge in [0.2, 0.25) is 5.91 Å². The fourth-order valence-electron chi connectivity index (χ4n) is 2.62. The first-order chi connectivity index (χ1) is 9.61. The lowest BCUT2D eigenvalue weighted by Gasteiger charge is -2.33. The maximum Gasteiger partial charge on any atom is 0.335 e. The Morgan fingerprint density at radius 3 is 2.95 bits per heavy atom. The van der Waals surface area contributed by atoms with Crippen molar-refractivity contribution in [2.75, 3.05) is 13.1 Å². The summed E-state index contributed by atoms with van der Waals surface area (Å²) < 4.78 is 0. The molecule has 0 aromatic heterocycles. The summed E-state index contributed by atoms with van der Waals surface area (Å²) in [7, 11) is 0. The minimum atomic E-state index is -0.921. The van der Waals surface area contributed by atoms with Crippen molar-refractivity contribution in [3.05, 3.63) is 35.4 Å². The van der Waals surface area contributed by atoms with Crippen molar-refractivity contribution in [3.8, 4) is 0 Å². The van der Waals surface area contributed by atoms with Crippen molar-refractivity contribution >= 4 is 11.9 Å². The normalized spacial score (nSPS) is 22.2. The molecule has 5 heteroatoms. The first-order valence-corrected chi connectivity index (χ1v) is 6.95. The molecule has 1 aromatic rings. The molecule has 1 heterocycles. The number of rotatable bonds is 4. The SMILES string of the molecule is CCC(=O)NC1CNCCC1c1cccc(C(=O)O)c1. The molecule has 1 aliphatic heterocycles. The Balaban J connectivity index is 2.20. The van der Waals surface area contributed by atoms with Crippen LogP contribution in [0.1, 0.15) is 41.6 Å². The van der Waals surface area contributed by atoms with E-state index in [2.05, 4.69) is 10.6 Å². The van der Waals surface area contributed by atoms with Crippen LogP contribution in [0.4, 0.5) is 0 Å². The molecule has 1 saturated heterocycles. The number of piperidine rings is 1. The zero-order valence-corrected chi connectivity index (χ0v) is 11.6. The molecule has 0 aliphatic carbocycles. The van der Waals surface area contributed by atoms with Gasteiger partial charge in [-0.1, -0.05) is 19.1 Å². The summed E-state index contributed by atoms with van der Waals surface area (Å²) in [4.78, 5) is 22.7. The van der Waals surface area contributed by atoms with E-state index in [1.54, 1.807) is 18.2 Å². The van der Waals surface area contributed by atoms with Crippen molar-refractivity contribution in [1.29, 1.82) is 0 Å². The molecule has 2 rings (SSSR count). The van der Waals surface area contributed by atoms with Gasteiger partial charge in [0, 0.05) is 24.9 Å². The molecule has 108 valence electrons. The summed E-state index contributed by atoms with van der Waals surface area (Å²) in [5, 5.41) is 15.4.